The predicted molar refractivity (Wildman–Crippen MR) is 85.4 cm³/mol. The Morgan fingerprint density at radius 3 is 2.52 bits per heavy atom. The third-order valence-corrected chi connectivity index (χ3v) is 5.93. The summed E-state index contributed by atoms with van der Waals surface area (Å²) >= 11 is 0. The fraction of sp³-hybridized carbons (Fsp3) is 0.733. The molecule has 1 aliphatic rings. The molecule has 0 aromatic carbocycles. The molecule has 1 atom stereocenters. The Morgan fingerprint density at radius 2 is 2.00 bits per heavy atom. The van der Waals surface area contributed by atoms with Gasteiger partial charge in [-0.3, -0.25) is 4.79 Å². The largest absolute Gasteiger partial charge is 0.360 e. The Balaban J connectivity index is 2.20. The maximum Gasteiger partial charge on any atom is 0.248 e. The van der Waals surface area contributed by atoms with E-state index in [0.29, 0.717) is 25.1 Å². The molecule has 130 valence electrons. The van der Waals surface area contributed by atoms with Crippen molar-refractivity contribution in [2.45, 2.75) is 57.9 Å². The van der Waals surface area contributed by atoms with E-state index in [-0.39, 0.29) is 34.6 Å². The van der Waals surface area contributed by atoms with Crippen molar-refractivity contribution in [3.8, 4) is 0 Å². The molecule has 2 heterocycles. The number of carbonyl (C=O) groups excluding carboxylic acids is 1. The Labute approximate surface area is 137 Å². The molecular formula is C15H25N3O4S. The van der Waals surface area contributed by atoms with Gasteiger partial charge in [-0.15, -0.1) is 0 Å². The SMILES string of the molecule is Cc1noc(C)c1S(=O)(=O)N1CCCC(C(=O)NC(C)(C)C)C1. The fourth-order valence-corrected chi connectivity index (χ4v) is 4.63. The second-order valence-electron chi connectivity index (χ2n) is 7.09. The molecule has 1 amide bonds. The van der Waals surface area contributed by atoms with Crippen LogP contribution in [0.15, 0.2) is 9.42 Å². The van der Waals surface area contributed by atoms with Crippen molar-refractivity contribution >= 4 is 15.9 Å². The Hall–Kier alpha value is -1.41. The molecule has 0 spiro atoms. The fourth-order valence-electron chi connectivity index (χ4n) is 2.82. The lowest BCUT2D eigenvalue weighted by Gasteiger charge is -2.33. The summed E-state index contributed by atoms with van der Waals surface area (Å²) in [6, 6.07) is 0. The van der Waals surface area contributed by atoms with Gasteiger partial charge in [0, 0.05) is 18.6 Å². The molecule has 0 radical (unpaired) electrons. The first-order chi connectivity index (χ1) is 10.5. The van der Waals surface area contributed by atoms with Gasteiger partial charge in [-0.05, 0) is 47.5 Å². The minimum Gasteiger partial charge on any atom is -0.360 e. The zero-order valence-corrected chi connectivity index (χ0v) is 15.2. The number of nitrogens with zero attached hydrogens (tertiary/aromatic N) is 2. The number of aryl methyl sites for hydroxylation is 2. The van der Waals surface area contributed by atoms with E-state index in [1.165, 1.54) is 4.31 Å². The van der Waals surface area contributed by atoms with E-state index in [1.807, 2.05) is 20.8 Å². The molecule has 1 aliphatic heterocycles. The Bertz CT molecular complexity index is 669. The van der Waals surface area contributed by atoms with Crippen LogP contribution in [0.1, 0.15) is 45.1 Å². The van der Waals surface area contributed by atoms with Crippen LogP contribution in [-0.4, -0.2) is 42.4 Å². The van der Waals surface area contributed by atoms with E-state index in [4.69, 9.17) is 4.52 Å². The summed E-state index contributed by atoms with van der Waals surface area (Å²) in [5.74, 6) is -0.154. The van der Waals surface area contributed by atoms with E-state index in [9.17, 15) is 13.2 Å². The van der Waals surface area contributed by atoms with Gasteiger partial charge in [0.15, 0.2) is 5.76 Å². The third kappa shape index (κ3) is 3.92. The second kappa shape index (κ2) is 6.24. The zero-order chi connectivity index (χ0) is 17.4. The summed E-state index contributed by atoms with van der Waals surface area (Å²) in [4.78, 5) is 12.5. The molecule has 0 saturated carbocycles. The molecule has 2 rings (SSSR count). The van der Waals surface area contributed by atoms with E-state index in [0.717, 1.165) is 0 Å². The number of carbonyl (C=O) groups is 1. The summed E-state index contributed by atoms with van der Waals surface area (Å²) in [5.41, 5.74) is 0.0173. The molecule has 1 N–H and O–H groups in total. The monoisotopic (exact) mass is 343 g/mol. The quantitative estimate of drug-likeness (QED) is 0.900. The molecule has 7 nitrogen and oxygen atoms in total. The summed E-state index contributed by atoms with van der Waals surface area (Å²) in [6.45, 7) is 9.52. The lowest BCUT2D eigenvalue weighted by Crippen LogP contribution is -2.49. The van der Waals surface area contributed by atoms with E-state index >= 15 is 0 Å². The van der Waals surface area contributed by atoms with Crippen molar-refractivity contribution in [3.05, 3.63) is 11.5 Å². The maximum absolute atomic E-state index is 12.8. The predicted octanol–water partition coefficient (Wildman–Crippen LogP) is 1.61. The number of sulfonamides is 1. The summed E-state index contributed by atoms with van der Waals surface area (Å²) < 4.78 is 32.0. The molecule has 1 aromatic heterocycles. The highest BCUT2D eigenvalue weighted by atomic mass is 32.2. The number of amides is 1. The Kier molecular flexibility index (Phi) is 4.86. The van der Waals surface area contributed by atoms with Gasteiger partial charge in [-0.25, -0.2) is 8.42 Å². The van der Waals surface area contributed by atoms with Crippen LogP contribution in [0.5, 0.6) is 0 Å². The molecule has 1 saturated heterocycles. The number of nitrogens with one attached hydrogen (secondary N) is 1. The van der Waals surface area contributed by atoms with E-state index in [2.05, 4.69) is 10.5 Å². The van der Waals surface area contributed by atoms with Crippen LogP contribution >= 0.6 is 0 Å². The number of aromatic nitrogens is 1. The summed E-state index contributed by atoms with van der Waals surface area (Å²) in [6.07, 6.45) is 1.35. The van der Waals surface area contributed by atoms with Gasteiger partial charge in [0.25, 0.3) is 0 Å². The number of hydrogen-bond donors (Lipinski definition) is 1. The minimum atomic E-state index is -3.69. The van der Waals surface area contributed by atoms with Gasteiger partial charge in [-0.2, -0.15) is 4.31 Å². The third-order valence-electron chi connectivity index (χ3n) is 3.82. The highest BCUT2D eigenvalue weighted by Gasteiger charge is 2.37. The standard InChI is InChI=1S/C15H25N3O4S/c1-10-13(11(2)22-17-10)23(20,21)18-8-6-7-12(9-18)14(19)16-15(3,4)5/h12H,6-9H2,1-5H3,(H,16,19). The molecule has 1 unspecified atom stereocenters. The molecular weight excluding hydrogens is 318 g/mol. The number of rotatable bonds is 3. The van der Waals surface area contributed by atoms with Gasteiger partial charge >= 0.3 is 0 Å². The summed E-state index contributed by atoms with van der Waals surface area (Å²) in [5, 5.41) is 6.65. The molecule has 0 aliphatic carbocycles. The smallest absolute Gasteiger partial charge is 0.248 e. The lowest BCUT2D eigenvalue weighted by molar-refractivity contribution is -0.127. The van der Waals surface area contributed by atoms with Crippen molar-refractivity contribution in [3.63, 3.8) is 0 Å². The van der Waals surface area contributed by atoms with Crippen molar-refractivity contribution in [2.75, 3.05) is 13.1 Å². The highest BCUT2D eigenvalue weighted by molar-refractivity contribution is 7.89. The van der Waals surface area contributed by atoms with Crippen molar-refractivity contribution in [1.29, 1.82) is 0 Å². The Morgan fingerprint density at radius 1 is 1.35 bits per heavy atom. The van der Waals surface area contributed by atoms with Gasteiger partial charge < -0.3 is 9.84 Å². The second-order valence-corrected chi connectivity index (χ2v) is 8.97. The molecule has 0 bridgehead atoms. The van der Waals surface area contributed by atoms with Crippen LogP contribution in [0, 0.1) is 19.8 Å². The average Bonchev–Trinajstić information content (AvgIpc) is 2.77. The van der Waals surface area contributed by atoms with Crippen molar-refractivity contribution in [2.24, 2.45) is 5.92 Å². The van der Waals surface area contributed by atoms with Gasteiger partial charge in [0.2, 0.25) is 15.9 Å². The van der Waals surface area contributed by atoms with E-state index < -0.39 is 10.0 Å². The van der Waals surface area contributed by atoms with Crippen LogP contribution < -0.4 is 5.32 Å². The first kappa shape index (κ1) is 17.9. The molecule has 1 fully saturated rings. The van der Waals surface area contributed by atoms with Crippen LogP contribution in [0.25, 0.3) is 0 Å². The molecule has 8 heteroatoms. The number of piperidine rings is 1. The lowest BCUT2D eigenvalue weighted by atomic mass is 9.97. The molecule has 1 aromatic rings. The van der Waals surface area contributed by atoms with Crippen LogP contribution in [0.4, 0.5) is 0 Å². The van der Waals surface area contributed by atoms with Crippen LogP contribution in [0.3, 0.4) is 0 Å². The van der Waals surface area contributed by atoms with E-state index in [1.54, 1.807) is 13.8 Å². The number of hydrogen-bond acceptors (Lipinski definition) is 5. The molecule has 23 heavy (non-hydrogen) atoms. The topological polar surface area (TPSA) is 92.5 Å². The first-order valence-electron chi connectivity index (χ1n) is 7.77. The first-order valence-corrected chi connectivity index (χ1v) is 9.21. The van der Waals surface area contributed by atoms with Gasteiger partial charge in [0.1, 0.15) is 10.6 Å². The van der Waals surface area contributed by atoms with Gasteiger partial charge in [-0.1, -0.05) is 5.16 Å². The van der Waals surface area contributed by atoms with Crippen molar-refractivity contribution < 1.29 is 17.7 Å². The normalized spacial score (nSPS) is 20.5. The van der Waals surface area contributed by atoms with Crippen molar-refractivity contribution in [1.82, 2.24) is 14.8 Å². The maximum atomic E-state index is 12.8. The van der Waals surface area contributed by atoms with Crippen LogP contribution in [0.2, 0.25) is 0 Å². The minimum absolute atomic E-state index is 0.101. The van der Waals surface area contributed by atoms with Gasteiger partial charge in [0.05, 0.1) is 5.92 Å². The highest BCUT2D eigenvalue weighted by Crippen LogP contribution is 2.27. The average molecular weight is 343 g/mol. The summed E-state index contributed by atoms with van der Waals surface area (Å²) in [7, 11) is -3.69. The zero-order valence-electron chi connectivity index (χ0n) is 14.3. The van der Waals surface area contributed by atoms with Crippen LogP contribution in [-0.2, 0) is 14.8 Å².